The summed E-state index contributed by atoms with van der Waals surface area (Å²) in [6.45, 7) is 4.69. The van der Waals surface area contributed by atoms with E-state index in [1.807, 2.05) is 0 Å². The van der Waals surface area contributed by atoms with Crippen LogP contribution in [0.3, 0.4) is 0 Å². The molecule has 0 saturated heterocycles. The molecule has 2 heterocycles. The first-order chi connectivity index (χ1) is 7.91. The summed E-state index contributed by atoms with van der Waals surface area (Å²) in [5.74, 6) is -0.525. The average Bonchev–Trinajstić information content (AvgIpc) is 2.26. The molecule has 5 heteroatoms. The van der Waals surface area contributed by atoms with Crippen molar-refractivity contribution in [1.29, 1.82) is 0 Å². The first-order valence-electron chi connectivity index (χ1n) is 5.15. The van der Waals surface area contributed by atoms with Crippen LogP contribution >= 0.6 is 0 Å². The van der Waals surface area contributed by atoms with Gasteiger partial charge in [0.25, 0.3) is 5.56 Å². The zero-order valence-electron chi connectivity index (χ0n) is 9.81. The number of ketones is 1. The van der Waals surface area contributed by atoms with Gasteiger partial charge < -0.3 is 5.11 Å². The van der Waals surface area contributed by atoms with Crippen molar-refractivity contribution in [2.75, 3.05) is 0 Å². The summed E-state index contributed by atoms with van der Waals surface area (Å²) in [6.07, 6.45) is 1.60. The van der Waals surface area contributed by atoms with Crippen LogP contribution in [0.5, 0.6) is 5.88 Å². The fourth-order valence-electron chi connectivity index (χ4n) is 1.71. The van der Waals surface area contributed by atoms with Crippen molar-refractivity contribution in [1.82, 2.24) is 9.38 Å². The predicted molar refractivity (Wildman–Crippen MR) is 62.6 cm³/mol. The summed E-state index contributed by atoms with van der Waals surface area (Å²) >= 11 is 0. The topological polar surface area (TPSA) is 71.7 Å². The van der Waals surface area contributed by atoms with E-state index in [1.165, 1.54) is 18.2 Å². The van der Waals surface area contributed by atoms with Crippen LogP contribution < -0.4 is 5.56 Å². The van der Waals surface area contributed by atoms with E-state index in [4.69, 9.17) is 0 Å². The van der Waals surface area contributed by atoms with Gasteiger partial charge in [-0.1, -0.05) is 0 Å². The van der Waals surface area contributed by atoms with E-state index >= 15 is 0 Å². The van der Waals surface area contributed by atoms with Crippen LogP contribution in [-0.4, -0.2) is 20.3 Å². The van der Waals surface area contributed by atoms with Gasteiger partial charge in [-0.05, 0) is 32.4 Å². The molecular formula is C12H12N2O3. The van der Waals surface area contributed by atoms with Crippen molar-refractivity contribution in [2.45, 2.75) is 20.8 Å². The van der Waals surface area contributed by atoms with E-state index in [0.717, 1.165) is 5.56 Å². The van der Waals surface area contributed by atoms with Crippen LogP contribution in [0.1, 0.15) is 28.4 Å². The van der Waals surface area contributed by atoms with Crippen molar-refractivity contribution in [2.24, 2.45) is 0 Å². The second kappa shape index (κ2) is 3.69. The number of Topliss-reactive ketones (excluding diaryl/α,β-unsaturated/α-hetero) is 1. The maximum atomic E-state index is 11.9. The number of aryl methyl sites for hydroxylation is 1. The number of aromatic hydroxyl groups is 1. The van der Waals surface area contributed by atoms with Crippen molar-refractivity contribution in [3.8, 4) is 5.88 Å². The minimum absolute atomic E-state index is 0.169. The Balaban J connectivity index is 3.05. The molecule has 0 bridgehead atoms. The number of aromatic nitrogens is 2. The minimum atomic E-state index is -0.362. The number of nitrogens with zero attached hydrogens (tertiary/aromatic N) is 2. The normalized spacial score (nSPS) is 10.8. The van der Waals surface area contributed by atoms with Crippen molar-refractivity contribution in [3.05, 3.63) is 39.3 Å². The number of rotatable bonds is 1. The van der Waals surface area contributed by atoms with E-state index in [2.05, 4.69) is 4.98 Å². The van der Waals surface area contributed by atoms with Gasteiger partial charge in [0.05, 0.1) is 11.1 Å². The summed E-state index contributed by atoms with van der Waals surface area (Å²) in [5, 5.41) is 9.54. The summed E-state index contributed by atoms with van der Waals surface area (Å²) in [4.78, 5) is 27.3. The highest BCUT2D eigenvalue weighted by molar-refractivity contribution is 5.99. The SMILES string of the molecule is CC(=O)c1cc(C)cn2c(=O)c(C)c(O)nc12. The molecule has 0 spiro atoms. The van der Waals surface area contributed by atoms with Gasteiger partial charge in [0, 0.05) is 6.20 Å². The lowest BCUT2D eigenvalue weighted by molar-refractivity contribution is 0.101. The van der Waals surface area contributed by atoms with Crippen molar-refractivity contribution in [3.63, 3.8) is 0 Å². The molecular weight excluding hydrogens is 220 g/mol. The number of carbonyl (C=O) groups excluding carboxylic acids is 1. The molecule has 0 aromatic carbocycles. The summed E-state index contributed by atoms with van der Waals surface area (Å²) in [7, 11) is 0. The molecule has 0 unspecified atom stereocenters. The van der Waals surface area contributed by atoms with Gasteiger partial charge in [0.1, 0.15) is 0 Å². The second-order valence-electron chi connectivity index (χ2n) is 4.05. The molecule has 17 heavy (non-hydrogen) atoms. The minimum Gasteiger partial charge on any atom is -0.493 e. The molecule has 2 aromatic rings. The standard InChI is InChI=1S/C12H12N2O3/c1-6-4-9(8(3)15)10-13-11(16)7(2)12(17)14(10)5-6/h4-5,16H,1-3H3. The molecule has 0 saturated carbocycles. The third-order valence-corrected chi connectivity index (χ3v) is 2.64. The maximum absolute atomic E-state index is 11.9. The molecule has 2 rings (SSSR count). The van der Waals surface area contributed by atoms with Gasteiger partial charge in [-0.3, -0.25) is 14.0 Å². The second-order valence-corrected chi connectivity index (χ2v) is 4.05. The molecule has 0 fully saturated rings. The predicted octanol–water partition coefficient (Wildman–Crippen LogP) is 1.22. The Morgan fingerprint density at radius 3 is 2.65 bits per heavy atom. The molecule has 0 atom stereocenters. The summed E-state index contributed by atoms with van der Waals surface area (Å²) in [5.41, 5.74) is 1.12. The lowest BCUT2D eigenvalue weighted by Gasteiger charge is -2.08. The highest BCUT2D eigenvalue weighted by Gasteiger charge is 2.13. The molecule has 5 nitrogen and oxygen atoms in total. The van der Waals surface area contributed by atoms with E-state index < -0.39 is 0 Å². The fraction of sp³-hybridized carbons (Fsp3) is 0.250. The molecule has 88 valence electrons. The third-order valence-electron chi connectivity index (χ3n) is 2.64. The van der Waals surface area contributed by atoms with Gasteiger partial charge in [-0.15, -0.1) is 0 Å². The Morgan fingerprint density at radius 2 is 2.06 bits per heavy atom. The van der Waals surface area contributed by atoms with E-state index in [0.29, 0.717) is 5.56 Å². The Morgan fingerprint density at radius 1 is 1.41 bits per heavy atom. The van der Waals surface area contributed by atoms with E-state index in [9.17, 15) is 14.7 Å². The van der Waals surface area contributed by atoms with Crippen LogP contribution in [0.25, 0.3) is 5.65 Å². The smallest absolute Gasteiger partial charge is 0.264 e. The molecule has 0 radical (unpaired) electrons. The van der Waals surface area contributed by atoms with Gasteiger partial charge in [-0.25, -0.2) is 0 Å². The monoisotopic (exact) mass is 232 g/mol. The zero-order valence-corrected chi connectivity index (χ0v) is 9.81. The number of pyridine rings is 1. The lowest BCUT2D eigenvalue weighted by atomic mass is 10.1. The van der Waals surface area contributed by atoms with Crippen LogP contribution in [0.2, 0.25) is 0 Å². The molecule has 0 amide bonds. The zero-order chi connectivity index (χ0) is 12.7. The van der Waals surface area contributed by atoms with E-state index in [-0.39, 0.29) is 28.4 Å². The van der Waals surface area contributed by atoms with E-state index in [1.54, 1.807) is 19.2 Å². The molecule has 0 aliphatic carbocycles. The number of hydrogen-bond donors (Lipinski definition) is 1. The maximum Gasteiger partial charge on any atom is 0.264 e. The van der Waals surface area contributed by atoms with Crippen molar-refractivity contribution >= 4 is 11.4 Å². The van der Waals surface area contributed by atoms with Crippen LogP contribution in [-0.2, 0) is 0 Å². The van der Waals surface area contributed by atoms with Gasteiger partial charge >= 0.3 is 0 Å². The van der Waals surface area contributed by atoms with Gasteiger partial charge in [0.2, 0.25) is 5.88 Å². The average molecular weight is 232 g/mol. The quantitative estimate of drug-likeness (QED) is 0.750. The highest BCUT2D eigenvalue weighted by Crippen LogP contribution is 2.15. The summed E-state index contributed by atoms with van der Waals surface area (Å²) < 4.78 is 1.29. The molecule has 1 N–H and O–H groups in total. The largest absolute Gasteiger partial charge is 0.493 e. The van der Waals surface area contributed by atoms with Crippen molar-refractivity contribution < 1.29 is 9.90 Å². The number of hydrogen-bond acceptors (Lipinski definition) is 4. The first-order valence-corrected chi connectivity index (χ1v) is 5.15. The van der Waals surface area contributed by atoms with Crippen LogP contribution in [0.15, 0.2) is 17.1 Å². The number of carbonyl (C=O) groups is 1. The third kappa shape index (κ3) is 1.69. The van der Waals surface area contributed by atoms with Crippen LogP contribution in [0.4, 0.5) is 0 Å². The van der Waals surface area contributed by atoms with Gasteiger partial charge in [0.15, 0.2) is 11.4 Å². The molecule has 0 aliphatic rings. The first kappa shape index (κ1) is 11.3. The molecule has 0 aliphatic heterocycles. The fourth-order valence-corrected chi connectivity index (χ4v) is 1.71. The Kier molecular flexibility index (Phi) is 2.46. The van der Waals surface area contributed by atoms with Crippen LogP contribution in [0, 0.1) is 13.8 Å². The lowest BCUT2D eigenvalue weighted by Crippen LogP contribution is -2.19. The van der Waals surface area contributed by atoms with Gasteiger partial charge in [-0.2, -0.15) is 4.98 Å². The Hall–Kier alpha value is -2.17. The molecule has 2 aromatic heterocycles. The number of fused-ring (bicyclic) bond motifs is 1. The Bertz CT molecular complexity index is 686. The summed E-state index contributed by atoms with van der Waals surface area (Å²) in [6, 6.07) is 1.65. The Labute approximate surface area is 97.4 Å². The highest BCUT2D eigenvalue weighted by atomic mass is 16.3.